The van der Waals surface area contributed by atoms with Gasteiger partial charge in [-0.05, 0) is 30.7 Å². The Kier molecular flexibility index (Phi) is 2.36. The van der Waals surface area contributed by atoms with E-state index in [-0.39, 0.29) is 0 Å². The van der Waals surface area contributed by atoms with Gasteiger partial charge < -0.3 is 5.21 Å². The molecule has 0 radical (unpaired) electrons. The van der Waals surface area contributed by atoms with E-state index in [1.807, 2.05) is 0 Å². The molecule has 0 saturated heterocycles. The Labute approximate surface area is 89.6 Å². The van der Waals surface area contributed by atoms with Gasteiger partial charge in [0.25, 0.3) is 0 Å². The van der Waals surface area contributed by atoms with Crippen molar-refractivity contribution < 1.29 is 4.73 Å². The summed E-state index contributed by atoms with van der Waals surface area (Å²) in [6.07, 6.45) is 4.80. The van der Waals surface area contributed by atoms with Gasteiger partial charge in [-0.2, -0.15) is 9.99 Å². The summed E-state index contributed by atoms with van der Waals surface area (Å²) in [5, 5.41) is 20.7. The highest BCUT2D eigenvalue weighted by Crippen LogP contribution is 2.33. The average Bonchev–Trinajstić information content (AvgIpc) is 2.21. The summed E-state index contributed by atoms with van der Waals surface area (Å²) in [4.78, 5) is 0. The first-order valence-electron chi connectivity index (χ1n) is 5.30. The molecule has 1 aromatic heterocycles. The van der Waals surface area contributed by atoms with Crippen molar-refractivity contribution in [2.45, 2.75) is 39.0 Å². The number of hydrogen-bond donors (Lipinski definition) is 0. The van der Waals surface area contributed by atoms with Crippen LogP contribution in [0.25, 0.3) is 0 Å². The fourth-order valence-electron chi connectivity index (χ4n) is 2.42. The highest BCUT2D eigenvalue weighted by molar-refractivity contribution is 5.45. The molecule has 1 atom stereocenters. The number of nitrogens with zero attached hydrogens (tertiary/aromatic N) is 2. The lowest BCUT2D eigenvalue weighted by Gasteiger charge is -2.23. The van der Waals surface area contributed by atoms with Gasteiger partial charge >= 0.3 is 0 Å². The predicted molar refractivity (Wildman–Crippen MR) is 56.2 cm³/mol. The number of aryl methyl sites for hydroxylation is 1. The molecule has 78 valence electrons. The number of aromatic nitrogens is 1. The number of hydrogen-bond acceptors (Lipinski definition) is 2. The van der Waals surface area contributed by atoms with Crippen LogP contribution in [0, 0.1) is 23.5 Å². The normalized spacial score (nSPS) is 19.4. The lowest BCUT2D eigenvalue weighted by atomic mass is 9.82. The predicted octanol–water partition coefficient (Wildman–Crippen LogP) is 1.94. The molecule has 2 rings (SSSR count). The maximum absolute atomic E-state index is 11.5. The largest absolute Gasteiger partial charge is 0.618 e. The Hall–Kier alpha value is -1.56. The molecule has 1 aliphatic rings. The smallest absolute Gasteiger partial charge is 0.207 e. The van der Waals surface area contributed by atoms with Crippen molar-refractivity contribution in [3.63, 3.8) is 0 Å². The third-order valence-corrected chi connectivity index (χ3v) is 3.27. The Bertz CT molecular complexity index is 446. The van der Waals surface area contributed by atoms with Gasteiger partial charge in [0.15, 0.2) is 6.20 Å². The maximum atomic E-state index is 11.5. The van der Waals surface area contributed by atoms with Crippen LogP contribution in [0.15, 0.2) is 6.20 Å². The molecule has 0 N–H and O–H groups in total. The summed E-state index contributed by atoms with van der Waals surface area (Å²) in [5.41, 5.74) is 3.29. The Morgan fingerprint density at radius 1 is 1.60 bits per heavy atom. The van der Waals surface area contributed by atoms with Crippen LogP contribution in [-0.2, 0) is 6.42 Å². The van der Waals surface area contributed by atoms with Gasteiger partial charge in [0.05, 0.1) is 0 Å². The summed E-state index contributed by atoms with van der Waals surface area (Å²) in [5.74, 6) is 0.406. The molecular formula is C12H14N2O. The first kappa shape index (κ1) is 9.97. The van der Waals surface area contributed by atoms with E-state index >= 15 is 0 Å². The molecule has 0 aliphatic heterocycles. The maximum Gasteiger partial charge on any atom is 0.207 e. The lowest BCUT2D eigenvalue weighted by molar-refractivity contribution is -0.613. The van der Waals surface area contributed by atoms with Crippen LogP contribution in [0.2, 0.25) is 0 Å². The highest BCUT2D eigenvalue weighted by atomic mass is 16.5. The average molecular weight is 202 g/mol. The zero-order valence-electron chi connectivity index (χ0n) is 9.08. The summed E-state index contributed by atoms with van der Waals surface area (Å²) < 4.78 is 0.829. The molecule has 15 heavy (non-hydrogen) atoms. The number of pyridine rings is 1. The Morgan fingerprint density at radius 3 is 3.00 bits per heavy atom. The van der Waals surface area contributed by atoms with E-state index in [1.54, 1.807) is 13.1 Å². The standard InChI is InChI=1S/C12H14N2O/c1-8-4-3-5-10-7-14(15)9(2)11(6-13)12(8)10/h7-8H,3-5H2,1-2H3/t8-/m1/s1. The van der Waals surface area contributed by atoms with Gasteiger partial charge in [-0.1, -0.05) is 6.92 Å². The van der Waals surface area contributed by atoms with E-state index in [0.29, 0.717) is 17.2 Å². The van der Waals surface area contributed by atoms with Crippen LogP contribution >= 0.6 is 0 Å². The molecule has 0 unspecified atom stereocenters. The van der Waals surface area contributed by atoms with Gasteiger partial charge in [-0.25, -0.2) is 0 Å². The van der Waals surface area contributed by atoms with E-state index < -0.39 is 0 Å². The van der Waals surface area contributed by atoms with Crippen molar-refractivity contribution in [1.29, 1.82) is 5.26 Å². The molecular weight excluding hydrogens is 188 g/mol. The van der Waals surface area contributed by atoms with Crippen LogP contribution in [-0.4, -0.2) is 0 Å². The first-order valence-corrected chi connectivity index (χ1v) is 5.30. The lowest BCUT2D eigenvalue weighted by Crippen LogP contribution is -2.33. The molecule has 0 amide bonds. The second-order valence-corrected chi connectivity index (χ2v) is 4.26. The SMILES string of the molecule is Cc1c(C#N)c2c(c[n+]1[O-])CCC[C@H]2C. The first-order chi connectivity index (χ1) is 7.15. The molecule has 0 saturated carbocycles. The van der Waals surface area contributed by atoms with Crippen LogP contribution in [0.3, 0.4) is 0 Å². The van der Waals surface area contributed by atoms with Gasteiger partial charge in [0.1, 0.15) is 11.6 Å². The molecule has 0 spiro atoms. The molecule has 1 aromatic rings. The summed E-state index contributed by atoms with van der Waals surface area (Å²) in [6.45, 7) is 3.85. The van der Waals surface area contributed by atoms with E-state index in [2.05, 4.69) is 13.0 Å². The van der Waals surface area contributed by atoms with Crippen molar-refractivity contribution >= 4 is 0 Å². The topological polar surface area (TPSA) is 50.7 Å². The summed E-state index contributed by atoms with van der Waals surface area (Å²) in [6, 6.07) is 2.17. The van der Waals surface area contributed by atoms with Crippen molar-refractivity contribution in [2.75, 3.05) is 0 Å². The van der Waals surface area contributed by atoms with Crippen LogP contribution in [0.5, 0.6) is 0 Å². The summed E-state index contributed by atoms with van der Waals surface area (Å²) >= 11 is 0. The second-order valence-electron chi connectivity index (χ2n) is 4.26. The number of rotatable bonds is 0. The van der Waals surface area contributed by atoms with Gasteiger partial charge in [0.2, 0.25) is 5.69 Å². The van der Waals surface area contributed by atoms with E-state index in [1.165, 1.54) is 0 Å². The van der Waals surface area contributed by atoms with Crippen LogP contribution < -0.4 is 4.73 Å². The molecule has 0 aromatic carbocycles. The third kappa shape index (κ3) is 1.46. The second kappa shape index (κ2) is 3.54. The number of fused-ring (bicyclic) bond motifs is 1. The van der Waals surface area contributed by atoms with E-state index in [4.69, 9.17) is 5.26 Å². The molecule has 1 heterocycles. The van der Waals surface area contributed by atoms with Crippen molar-refractivity contribution in [2.24, 2.45) is 0 Å². The molecule has 0 bridgehead atoms. The summed E-state index contributed by atoms with van der Waals surface area (Å²) in [7, 11) is 0. The highest BCUT2D eigenvalue weighted by Gasteiger charge is 2.25. The van der Waals surface area contributed by atoms with Crippen LogP contribution in [0.4, 0.5) is 0 Å². The monoisotopic (exact) mass is 202 g/mol. The van der Waals surface area contributed by atoms with E-state index in [9.17, 15) is 5.21 Å². The van der Waals surface area contributed by atoms with Gasteiger partial charge in [-0.3, -0.25) is 0 Å². The fraction of sp³-hybridized carbons (Fsp3) is 0.500. The van der Waals surface area contributed by atoms with E-state index in [0.717, 1.165) is 35.1 Å². The minimum atomic E-state index is 0.406. The minimum Gasteiger partial charge on any atom is -0.618 e. The quantitative estimate of drug-likeness (QED) is 0.477. The molecule has 3 nitrogen and oxygen atoms in total. The molecule has 0 fully saturated rings. The Balaban J connectivity index is 2.72. The van der Waals surface area contributed by atoms with Crippen molar-refractivity contribution in [3.8, 4) is 6.07 Å². The zero-order chi connectivity index (χ0) is 11.0. The van der Waals surface area contributed by atoms with Crippen molar-refractivity contribution in [1.82, 2.24) is 0 Å². The van der Waals surface area contributed by atoms with Gasteiger partial charge in [0, 0.05) is 12.5 Å². The minimum absolute atomic E-state index is 0.406. The molecule has 1 aliphatic carbocycles. The van der Waals surface area contributed by atoms with Gasteiger partial charge in [-0.15, -0.1) is 0 Å². The Morgan fingerprint density at radius 2 is 2.33 bits per heavy atom. The fourth-order valence-corrected chi connectivity index (χ4v) is 2.42. The molecule has 3 heteroatoms. The van der Waals surface area contributed by atoms with Crippen molar-refractivity contribution in [3.05, 3.63) is 33.8 Å². The van der Waals surface area contributed by atoms with Crippen LogP contribution in [0.1, 0.15) is 48.1 Å². The zero-order valence-corrected chi connectivity index (χ0v) is 9.08. The third-order valence-electron chi connectivity index (χ3n) is 3.27. The number of nitriles is 1.